The standard InChI is InChI=1S/C25H26N8O3/c1-4-19-29-20-22(30-19)31-25(35-16-7-5-6-15(12-16)23-28-10-11-33(23)2)32-24(20)36-18-13-14(21(26)27)8-9-17(18)34-3/h5-9,12-13H,4,10-11H2,1-3H3,(H3,26,27)(H,29,30,31,32)/p+1. The summed E-state index contributed by atoms with van der Waals surface area (Å²) in [6.45, 7) is 3.65. The largest absolute Gasteiger partial charge is 0.493 e. The van der Waals surface area contributed by atoms with Crippen molar-refractivity contribution < 1.29 is 19.6 Å². The van der Waals surface area contributed by atoms with Crippen molar-refractivity contribution in [1.29, 1.82) is 0 Å². The maximum atomic E-state index is 6.18. The summed E-state index contributed by atoms with van der Waals surface area (Å²) in [6, 6.07) is 12.9. The smallest absolute Gasteiger partial charge is 0.327 e. The second-order valence-electron chi connectivity index (χ2n) is 8.23. The summed E-state index contributed by atoms with van der Waals surface area (Å²) in [4.78, 5) is 23.5. The molecule has 0 saturated carbocycles. The minimum absolute atomic E-state index is 0.0885. The molecule has 0 amide bonds. The van der Waals surface area contributed by atoms with Gasteiger partial charge in [-0.3, -0.25) is 16.1 Å². The average molecular weight is 488 g/mol. The van der Waals surface area contributed by atoms with Crippen molar-refractivity contribution in [2.75, 3.05) is 27.2 Å². The first kappa shape index (κ1) is 23.1. The fourth-order valence-corrected chi connectivity index (χ4v) is 3.88. The Kier molecular flexibility index (Phi) is 6.11. The van der Waals surface area contributed by atoms with Crippen LogP contribution in [0.25, 0.3) is 11.2 Å². The molecule has 184 valence electrons. The lowest BCUT2D eigenvalue weighted by Crippen LogP contribution is -2.46. The van der Waals surface area contributed by atoms with E-state index in [1.54, 1.807) is 25.3 Å². The number of benzene rings is 2. The van der Waals surface area contributed by atoms with Gasteiger partial charge in [-0.25, -0.2) is 4.98 Å². The molecule has 1 aliphatic rings. The van der Waals surface area contributed by atoms with E-state index in [1.165, 1.54) is 0 Å². The molecule has 0 bridgehead atoms. The van der Waals surface area contributed by atoms with E-state index >= 15 is 0 Å². The molecule has 5 rings (SSSR count). The summed E-state index contributed by atoms with van der Waals surface area (Å²) in [5, 5.41) is 5.78. The van der Waals surface area contributed by atoms with Gasteiger partial charge in [0.05, 0.1) is 19.2 Å². The van der Waals surface area contributed by atoms with E-state index in [4.69, 9.17) is 25.4 Å². The van der Waals surface area contributed by atoms with Gasteiger partial charge in [-0.1, -0.05) is 19.1 Å². The van der Waals surface area contributed by atoms with E-state index in [-0.39, 0.29) is 17.7 Å². The van der Waals surface area contributed by atoms with Crippen LogP contribution in [0.3, 0.4) is 0 Å². The van der Waals surface area contributed by atoms with Gasteiger partial charge in [-0.2, -0.15) is 9.97 Å². The molecule has 0 spiro atoms. The Morgan fingerprint density at radius 1 is 1.11 bits per heavy atom. The summed E-state index contributed by atoms with van der Waals surface area (Å²) in [6.07, 6.45) is 0.682. The second kappa shape index (κ2) is 9.53. The number of amidine groups is 2. The van der Waals surface area contributed by atoms with Crippen molar-refractivity contribution in [3.05, 3.63) is 59.4 Å². The van der Waals surface area contributed by atoms with E-state index in [1.807, 2.05) is 38.2 Å². The first-order chi connectivity index (χ1) is 17.4. The van der Waals surface area contributed by atoms with Crippen LogP contribution in [0.5, 0.6) is 29.1 Å². The molecular weight excluding hydrogens is 460 g/mol. The zero-order valence-corrected chi connectivity index (χ0v) is 20.3. The maximum absolute atomic E-state index is 6.18. The maximum Gasteiger partial charge on any atom is 0.327 e. The Balaban J connectivity index is 1.53. The first-order valence-corrected chi connectivity index (χ1v) is 11.5. The fraction of sp³-hybridized carbons (Fsp3) is 0.240. The zero-order chi connectivity index (χ0) is 25.2. The van der Waals surface area contributed by atoms with Gasteiger partial charge >= 0.3 is 6.01 Å². The third-order valence-electron chi connectivity index (χ3n) is 5.74. The van der Waals surface area contributed by atoms with Gasteiger partial charge in [0.2, 0.25) is 0 Å². The SMILES string of the molecule is CCc1nc2nc(Oc3cccc(C4=NCCN4C)c3)nc(Oc3cc(C(N)=[NH2+])ccc3OC)c2[nH]1. The minimum Gasteiger partial charge on any atom is -0.493 e. The second-order valence-corrected chi connectivity index (χ2v) is 8.23. The van der Waals surface area contributed by atoms with Gasteiger partial charge in [0.25, 0.3) is 11.7 Å². The van der Waals surface area contributed by atoms with E-state index in [9.17, 15) is 0 Å². The number of nitrogens with zero attached hydrogens (tertiary/aromatic N) is 5. The molecule has 5 N–H and O–H groups in total. The van der Waals surface area contributed by atoms with Gasteiger partial charge in [0.15, 0.2) is 17.1 Å². The normalized spacial score (nSPS) is 13.1. The molecule has 11 nitrogen and oxygen atoms in total. The Bertz CT molecular complexity index is 1480. The van der Waals surface area contributed by atoms with Crippen LogP contribution in [0.15, 0.2) is 47.5 Å². The summed E-state index contributed by atoms with van der Waals surface area (Å²) in [5.74, 6) is 3.48. The molecule has 0 aliphatic carbocycles. The number of aromatic nitrogens is 4. The lowest BCUT2D eigenvalue weighted by molar-refractivity contribution is -0.114. The molecule has 2 aromatic heterocycles. The summed E-state index contributed by atoms with van der Waals surface area (Å²) >= 11 is 0. The molecule has 0 unspecified atom stereocenters. The average Bonchev–Trinajstić information content (AvgIpc) is 3.50. The van der Waals surface area contributed by atoms with Crippen molar-refractivity contribution in [2.45, 2.75) is 13.3 Å². The van der Waals surface area contributed by atoms with Gasteiger partial charge in [-0.15, -0.1) is 0 Å². The highest BCUT2D eigenvalue weighted by Gasteiger charge is 2.20. The number of nitrogens with one attached hydrogen (secondary N) is 1. The number of hydrogen-bond donors (Lipinski definition) is 3. The molecule has 36 heavy (non-hydrogen) atoms. The topological polar surface area (TPSA) is 149 Å². The lowest BCUT2D eigenvalue weighted by Gasteiger charge is -2.14. The van der Waals surface area contributed by atoms with E-state index in [0.29, 0.717) is 40.4 Å². The van der Waals surface area contributed by atoms with Gasteiger partial charge in [0, 0.05) is 31.6 Å². The number of H-pyrrole nitrogens is 1. The molecule has 1 aliphatic heterocycles. The number of aromatic amines is 1. The molecule has 11 heteroatoms. The highest BCUT2D eigenvalue weighted by atomic mass is 16.5. The predicted molar refractivity (Wildman–Crippen MR) is 135 cm³/mol. The molecule has 0 fully saturated rings. The van der Waals surface area contributed by atoms with Gasteiger partial charge in [0.1, 0.15) is 22.9 Å². The number of aliphatic imine (C=N–C) groups is 1. The fourth-order valence-electron chi connectivity index (χ4n) is 3.88. The number of likely N-dealkylation sites (N-methyl/N-ethyl adjacent to an activating group) is 1. The number of rotatable bonds is 8. The number of imidazole rings is 1. The van der Waals surface area contributed by atoms with Crippen molar-refractivity contribution in [1.82, 2.24) is 24.8 Å². The number of ether oxygens (including phenoxy) is 3. The molecule has 0 atom stereocenters. The van der Waals surface area contributed by atoms with Crippen LogP contribution in [-0.2, 0) is 6.42 Å². The van der Waals surface area contributed by atoms with Crippen LogP contribution < -0.4 is 25.4 Å². The van der Waals surface area contributed by atoms with Crippen LogP contribution in [0.1, 0.15) is 23.9 Å². The van der Waals surface area contributed by atoms with Crippen molar-refractivity contribution in [2.24, 2.45) is 10.7 Å². The Labute approximate surface area is 207 Å². The van der Waals surface area contributed by atoms with Gasteiger partial charge < -0.3 is 24.1 Å². The third kappa shape index (κ3) is 4.50. The number of fused-ring (bicyclic) bond motifs is 1. The number of hydrogen-bond acceptors (Lipinski definition) is 8. The van der Waals surface area contributed by atoms with Crippen molar-refractivity contribution in [3.8, 4) is 29.1 Å². The summed E-state index contributed by atoms with van der Waals surface area (Å²) in [5.41, 5.74) is 8.29. The third-order valence-corrected chi connectivity index (χ3v) is 5.74. The van der Waals surface area contributed by atoms with E-state index in [0.717, 1.165) is 30.3 Å². The first-order valence-electron chi connectivity index (χ1n) is 11.5. The summed E-state index contributed by atoms with van der Waals surface area (Å²) in [7, 11) is 3.56. The molecular formula is C25H27N8O3+. The van der Waals surface area contributed by atoms with Crippen LogP contribution in [-0.4, -0.2) is 63.8 Å². The molecule has 0 saturated heterocycles. The van der Waals surface area contributed by atoms with Crippen molar-refractivity contribution in [3.63, 3.8) is 0 Å². The molecule has 0 radical (unpaired) electrons. The monoisotopic (exact) mass is 487 g/mol. The van der Waals surface area contributed by atoms with Crippen LogP contribution in [0.2, 0.25) is 0 Å². The Morgan fingerprint density at radius 2 is 1.97 bits per heavy atom. The lowest BCUT2D eigenvalue weighted by atomic mass is 10.2. The van der Waals surface area contributed by atoms with E-state index in [2.05, 4.69) is 29.8 Å². The number of methoxy groups -OCH3 is 1. The number of nitrogens with two attached hydrogens (primary N) is 2. The summed E-state index contributed by atoms with van der Waals surface area (Å²) < 4.78 is 17.7. The highest BCUT2D eigenvalue weighted by molar-refractivity contribution is 6.00. The number of aryl methyl sites for hydroxylation is 1. The highest BCUT2D eigenvalue weighted by Crippen LogP contribution is 2.35. The minimum atomic E-state index is 0.0885. The van der Waals surface area contributed by atoms with Crippen LogP contribution in [0.4, 0.5) is 0 Å². The van der Waals surface area contributed by atoms with Gasteiger partial charge in [-0.05, 0) is 24.3 Å². The molecule has 2 aromatic carbocycles. The van der Waals surface area contributed by atoms with Crippen molar-refractivity contribution >= 4 is 22.8 Å². The molecule has 3 heterocycles. The molecule has 4 aromatic rings. The van der Waals surface area contributed by atoms with E-state index < -0.39 is 0 Å². The Morgan fingerprint density at radius 3 is 2.69 bits per heavy atom. The quantitative estimate of drug-likeness (QED) is 0.251. The zero-order valence-electron chi connectivity index (χ0n) is 20.3. The van der Waals surface area contributed by atoms with Crippen LogP contribution >= 0.6 is 0 Å². The Hall–Kier alpha value is -4.67. The van der Waals surface area contributed by atoms with Crippen LogP contribution in [0, 0.1) is 0 Å². The predicted octanol–water partition coefficient (Wildman–Crippen LogP) is 1.66.